The summed E-state index contributed by atoms with van der Waals surface area (Å²) in [5.74, 6) is 0. The van der Waals surface area contributed by atoms with E-state index in [0.717, 1.165) is 31.7 Å². The van der Waals surface area contributed by atoms with Crippen LogP contribution in [-0.2, 0) is 0 Å². The first-order valence-electron chi connectivity index (χ1n) is 6.30. The molecule has 1 aliphatic rings. The molecule has 0 spiro atoms. The van der Waals surface area contributed by atoms with Crippen molar-refractivity contribution in [3.05, 3.63) is 34.9 Å². The molecule has 1 aromatic carbocycles. The lowest BCUT2D eigenvalue weighted by molar-refractivity contribution is 0.147. The lowest BCUT2D eigenvalue weighted by Gasteiger charge is -2.33. The van der Waals surface area contributed by atoms with E-state index in [4.69, 9.17) is 0 Å². The highest BCUT2D eigenvalue weighted by Crippen LogP contribution is 2.23. The summed E-state index contributed by atoms with van der Waals surface area (Å²) in [6, 6.07) is 6.21. The van der Waals surface area contributed by atoms with Crippen molar-refractivity contribution < 1.29 is 4.39 Å². The maximum atomic E-state index is 13.3. The topological polar surface area (TPSA) is 15.3 Å². The fourth-order valence-electron chi connectivity index (χ4n) is 2.36. The molecule has 0 aliphatic carbocycles. The van der Waals surface area contributed by atoms with Crippen molar-refractivity contribution in [3.63, 3.8) is 0 Å². The Morgan fingerprint density at radius 3 is 2.44 bits per heavy atom. The fourth-order valence-corrected chi connectivity index (χ4v) is 2.36. The van der Waals surface area contributed by atoms with E-state index in [0.29, 0.717) is 0 Å². The van der Waals surface area contributed by atoms with E-state index < -0.39 is 0 Å². The van der Waals surface area contributed by atoms with Gasteiger partial charge in [-0.2, -0.15) is 0 Å². The normalized spacial score (nSPS) is 18.2. The molecule has 1 heterocycles. The largest absolute Gasteiger partial charge is 0.314 e. The molecule has 0 bridgehead atoms. The van der Waals surface area contributed by atoms with Gasteiger partial charge in [-0.05, 0) is 30.5 Å². The Morgan fingerprint density at radius 1 is 1.22 bits per heavy atom. The zero-order valence-electron chi connectivity index (χ0n) is 11.1. The summed E-state index contributed by atoms with van der Waals surface area (Å²) in [4.78, 5) is 2.24. The number of nitrogens with one attached hydrogen (secondary N) is 1. The Bertz CT molecular complexity index is 378. The molecule has 0 radical (unpaired) electrons. The molecule has 1 saturated heterocycles. The number of aryl methyl sites for hydroxylation is 2. The molecule has 0 unspecified atom stereocenters. The highest BCUT2D eigenvalue weighted by molar-refractivity contribution is 5.85. The van der Waals surface area contributed by atoms with Gasteiger partial charge in [0.2, 0.25) is 0 Å². The van der Waals surface area contributed by atoms with Crippen LogP contribution in [0.4, 0.5) is 4.39 Å². The molecular formula is C14H22ClFN2. The number of rotatable bonds is 3. The van der Waals surface area contributed by atoms with Crippen LogP contribution in [0.2, 0.25) is 0 Å². The van der Waals surface area contributed by atoms with Gasteiger partial charge in [0.15, 0.2) is 0 Å². The van der Waals surface area contributed by atoms with Crippen molar-refractivity contribution in [2.24, 2.45) is 0 Å². The molecule has 2 nitrogen and oxygen atoms in total. The van der Waals surface area contributed by atoms with Gasteiger partial charge in [-0.3, -0.25) is 4.90 Å². The Morgan fingerprint density at radius 2 is 1.89 bits per heavy atom. The molecule has 2 rings (SSSR count). The number of piperazine rings is 1. The monoisotopic (exact) mass is 272 g/mol. The molecule has 1 atom stereocenters. The number of benzene rings is 1. The molecule has 0 amide bonds. The highest BCUT2D eigenvalue weighted by Gasteiger charge is 2.22. The van der Waals surface area contributed by atoms with Crippen LogP contribution in [0.15, 0.2) is 18.2 Å². The Balaban J connectivity index is 0.00000162. The van der Waals surface area contributed by atoms with Gasteiger partial charge in [-0.1, -0.05) is 18.2 Å². The van der Waals surface area contributed by atoms with Gasteiger partial charge >= 0.3 is 0 Å². The van der Waals surface area contributed by atoms with Crippen LogP contribution in [0.5, 0.6) is 0 Å². The molecule has 1 aliphatic heterocycles. The van der Waals surface area contributed by atoms with Crippen molar-refractivity contribution >= 4 is 12.4 Å². The third kappa shape index (κ3) is 3.44. The Labute approximate surface area is 115 Å². The van der Waals surface area contributed by atoms with E-state index in [2.05, 4.69) is 42.3 Å². The van der Waals surface area contributed by atoms with Gasteiger partial charge in [0.1, 0.15) is 6.67 Å². The molecule has 0 saturated carbocycles. The number of nitrogens with zero attached hydrogens (tertiary/aromatic N) is 1. The predicted octanol–water partition coefficient (Wildman–Crippen LogP) is 2.64. The standard InChI is InChI=1S/C14H21FN2.ClH/c1-11-3-4-13(9-12(11)2)14(10-15)17-7-5-16-6-8-17;/h3-4,9,14,16H,5-8,10H2,1-2H3;1H/t14-;/m0./s1. The summed E-state index contributed by atoms with van der Waals surface area (Å²) >= 11 is 0. The maximum Gasteiger partial charge on any atom is 0.109 e. The van der Waals surface area contributed by atoms with Crippen molar-refractivity contribution in [1.29, 1.82) is 0 Å². The third-order valence-corrected chi connectivity index (χ3v) is 3.65. The van der Waals surface area contributed by atoms with Gasteiger partial charge in [0.05, 0.1) is 6.04 Å². The van der Waals surface area contributed by atoms with Gasteiger partial charge in [0, 0.05) is 26.2 Å². The van der Waals surface area contributed by atoms with E-state index in [1.165, 1.54) is 11.1 Å². The van der Waals surface area contributed by atoms with Crippen LogP contribution in [0.25, 0.3) is 0 Å². The van der Waals surface area contributed by atoms with Gasteiger partial charge in [0.25, 0.3) is 0 Å². The molecule has 0 aromatic heterocycles. The first-order chi connectivity index (χ1) is 8.22. The number of hydrogen-bond donors (Lipinski definition) is 1. The van der Waals surface area contributed by atoms with E-state index in [1.807, 2.05) is 0 Å². The van der Waals surface area contributed by atoms with Gasteiger partial charge in [-0.15, -0.1) is 12.4 Å². The van der Waals surface area contributed by atoms with Gasteiger partial charge in [-0.25, -0.2) is 4.39 Å². The van der Waals surface area contributed by atoms with E-state index in [1.54, 1.807) is 0 Å². The molecular weight excluding hydrogens is 251 g/mol. The average Bonchev–Trinajstić information content (AvgIpc) is 2.36. The van der Waals surface area contributed by atoms with Crippen molar-refractivity contribution in [1.82, 2.24) is 10.2 Å². The number of alkyl halides is 1. The highest BCUT2D eigenvalue weighted by atomic mass is 35.5. The summed E-state index contributed by atoms with van der Waals surface area (Å²) in [5, 5.41) is 3.30. The second-order valence-corrected chi connectivity index (χ2v) is 4.80. The van der Waals surface area contributed by atoms with E-state index >= 15 is 0 Å². The van der Waals surface area contributed by atoms with Crippen LogP contribution in [0.3, 0.4) is 0 Å². The zero-order chi connectivity index (χ0) is 12.3. The summed E-state index contributed by atoms with van der Waals surface area (Å²) < 4.78 is 13.3. The van der Waals surface area contributed by atoms with E-state index in [-0.39, 0.29) is 25.1 Å². The van der Waals surface area contributed by atoms with Crippen LogP contribution in [0, 0.1) is 13.8 Å². The van der Waals surface area contributed by atoms with Gasteiger partial charge < -0.3 is 5.32 Å². The Kier molecular flexibility index (Phi) is 6.06. The molecule has 102 valence electrons. The zero-order valence-corrected chi connectivity index (χ0v) is 11.9. The van der Waals surface area contributed by atoms with E-state index in [9.17, 15) is 4.39 Å². The molecule has 1 N–H and O–H groups in total. The number of hydrogen-bond acceptors (Lipinski definition) is 2. The fraction of sp³-hybridized carbons (Fsp3) is 0.571. The minimum atomic E-state index is -0.303. The third-order valence-electron chi connectivity index (χ3n) is 3.65. The van der Waals surface area contributed by atoms with Crippen LogP contribution in [0.1, 0.15) is 22.7 Å². The minimum Gasteiger partial charge on any atom is -0.314 e. The predicted molar refractivity (Wildman–Crippen MR) is 76.3 cm³/mol. The smallest absolute Gasteiger partial charge is 0.109 e. The Hall–Kier alpha value is -0.640. The molecule has 18 heavy (non-hydrogen) atoms. The lowest BCUT2D eigenvalue weighted by Crippen LogP contribution is -2.45. The van der Waals surface area contributed by atoms with Crippen molar-refractivity contribution in [2.45, 2.75) is 19.9 Å². The first kappa shape index (κ1) is 15.4. The molecule has 1 aromatic rings. The van der Waals surface area contributed by atoms with Crippen LogP contribution >= 0.6 is 12.4 Å². The second kappa shape index (κ2) is 7.07. The van der Waals surface area contributed by atoms with Crippen LogP contribution < -0.4 is 5.32 Å². The minimum absolute atomic E-state index is 0. The van der Waals surface area contributed by atoms with Crippen molar-refractivity contribution in [2.75, 3.05) is 32.9 Å². The quantitative estimate of drug-likeness (QED) is 0.910. The average molecular weight is 273 g/mol. The summed E-state index contributed by atoms with van der Waals surface area (Å²) in [6.45, 7) is 7.66. The molecule has 4 heteroatoms. The maximum absolute atomic E-state index is 13.3. The van der Waals surface area contributed by atoms with Crippen molar-refractivity contribution in [3.8, 4) is 0 Å². The summed E-state index contributed by atoms with van der Waals surface area (Å²) in [5.41, 5.74) is 3.63. The number of halogens is 2. The van der Waals surface area contributed by atoms with Crippen LogP contribution in [-0.4, -0.2) is 37.8 Å². The summed E-state index contributed by atoms with van der Waals surface area (Å²) in [6.07, 6.45) is 0. The molecule has 1 fully saturated rings. The second-order valence-electron chi connectivity index (χ2n) is 4.80. The summed E-state index contributed by atoms with van der Waals surface area (Å²) in [7, 11) is 0. The SMILES string of the molecule is Cc1ccc([C@H](CF)N2CCNCC2)cc1C.Cl. The first-order valence-corrected chi connectivity index (χ1v) is 6.30. The lowest BCUT2D eigenvalue weighted by atomic mass is 10.0.